The van der Waals surface area contributed by atoms with Gasteiger partial charge in [-0.15, -0.1) is 0 Å². The standard InChI is InChI=1S/C29H39N5O6S/c1-17(27(36)34-28(37)25-16-31-12-13-33-25)32-11-3-4-19-15-24-23-7-5-18-14-20(40-41(30,38)39)6-8-21(18)22(23)9-10-29(24,2)26(19)35/h6,8,12-14,16-17,19,22-24,26,32,35H,3-5,7,9-11,15H2,1-2H3,(H2,30,38,39)(H,34,36,37)/t17-,19-,22+,23+,24-,26-,29-/m0/s1. The van der Waals surface area contributed by atoms with Gasteiger partial charge in [-0.05, 0) is 111 Å². The van der Waals surface area contributed by atoms with Gasteiger partial charge in [-0.2, -0.15) is 13.6 Å². The van der Waals surface area contributed by atoms with E-state index in [1.807, 2.05) is 6.07 Å². The first kappa shape index (κ1) is 29.6. The van der Waals surface area contributed by atoms with E-state index in [4.69, 9.17) is 9.32 Å². The van der Waals surface area contributed by atoms with Crippen LogP contribution in [0, 0.1) is 23.2 Å². The normalized spacial score (nSPS) is 29.5. The minimum Gasteiger partial charge on any atom is -0.392 e. The molecule has 12 heteroatoms. The monoisotopic (exact) mass is 585 g/mol. The number of aliphatic hydroxyl groups is 1. The molecule has 2 fully saturated rings. The fourth-order valence-corrected chi connectivity index (χ4v) is 8.02. The summed E-state index contributed by atoms with van der Waals surface area (Å²) in [7, 11) is -4.06. The molecule has 0 unspecified atom stereocenters. The van der Waals surface area contributed by atoms with Crippen LogP contribution < -0.4 is 20.0 Å². The number of hydrogen-bond acceptors (Lipinski definition) is 9. The van der Waals surface area contributed by atoms with Crippen LogP contribution in [-0.2, 0) is 21.5 Å². The first-order valence-corrected chi connectivity index (χ1v) is 15.8. The van der Waals surface area contributed by atoms with E-state index < -0.39 is 28.2 Å². The number of aromatic nitrogens is 2. The summed E-state index contributed by atoms with van der Waals surface area (Å²) in [4.78, 5) is 32.3. The highest BCUT2D eigenvalue weighted by Crippen LogP contribution is 2.62. The Morgan fingerprint density at radius 2 is 2.07 bits per heavy atom. The molecule has 0 aliphatic heterocycles. The predicted octanol–water partition coefficient (Wildman–Crippen LogP) is 2.22. The number of hydrogen-bond donors (Lipinski definition) is 4. The summed E-state index contributed by atoms with van der Waals surface area (Å²) >= 11 is 0. The van der Waals surface area contributed by atoms with Crippen LogP contribution in [0.25, 0.3) is 0 Å². The lowest BCUT2D eigenvalue weighted by Crippen LogP contribution is -2.45. The molecule has 1 aromatic carbocycles. The molecule has 1 aromatic heterocycles. The van der Waals surface area contributed by atoms with Gasteiger partial charge in [0.1, 0.15) is 11.4 Å². The molecule has 3 aliphatic rings. The third kappa shape index (κ3) is 6.30. The second-order valence-electron chi connectivity index (χ2n) is 12.1. The highest BCUT2D eigenvalue weighted by molar-refractivity contribution is 7.84. The smallest absolute Gasteiger partial charge is 0.380 e. The Hall–Kier alpha value is -2.93. The minimum absolute atomic E-state index is 0.0859. The van der Waals surface area contributed by atoms with Gasteiger partial charge in [0.15, 0.2) is 0 Å². The lowest BCUT2D eigenvalue weighted by atomic mass is 9.55. The summed E-state index contributed by atoms with van der Waals surface area (Å²) in [6, 6.07) is 4.92. The average Bonchev–Trinajstić information content (AvgIpc) is 3.20. The lowest BCUT2D eigenvalue weighted by molar-refractivity contribution is -0.121. The molecule has 2 saturated carbocycles. The van der Waals surface area contributed by atoms with Crippen LogP contribution in [0.3, 0.4) is 0 Å². The van der Waals surface area contributed by atoms with E-state index in [-0.39, 0.29) is 28.9 Å². The maximum absolute atomic E-state index is 12.4. The number of amides is 2. The number of aryl methyl sites for hydroxylation is 1. The fourth-order valence-electron chi connectivity index (χ4n) is 7.65. The van der Waals surface area contributed by atoms with Crippen LogP contribution in [0.5, 0.6) is 5.75 Å². The summed E-state index contributed by atoms with van der Waals surface area (Å²) in [6.07, 6.45) is 10.2. The Morgan fingerprint density at radius 3 is 2.80 bits per heavy atom. The van der Waals surface area contributed by atoms with Crippen molar-refractivity contribution in [2.24, 2.45) is 28.3 Å². The van der Waals surface area contributed by atoms with Gasteiger partial charge in [-0.25, -0.2) is 4.98 Å². The topological polar surface area (TPSA) is 174 Å². The highest BCUT2D eigenvalue weighted by Gasteiger charge is 2.57. The molecule has 41 heavy (non-hydrogen) atoms. The molecule has 1 heterocycles. The molecule has 0 saturated heterocycles. The van der Waals surface area contributed by atoms with Crippen molar-refractivity contribution < 1.29 is 27.3 Å². The third-order valence-corrected chi connectivity index (χ3v) is 10.1. The van der Waals surface area contributed by atoms with E-state index in [0.717, 1.165) is 50.5 Å². The number of carbonyl (C=O) groups is 2. The first-order valence-electron chi connectivity index (χ1n) is 14.3. The lowest BCUT2D eigenvalue weighted by Gasteiger charge is -2.50. The van der Waals surface area contributed by atoms with Crippen molar-refractivity contribution in [3.63, 3.8) is 0 Å². The average molecular weight is 586 g/mol. The molecular formula is C29H39N5O6S. The van der Waals surface area contributed by atoms with Crippen LogP contribution in [0.15, 0.2) is 36.8 Å². The molecule has 0 radical (unpaired) electrons. The number of rotatable bonds is 9. The summed E-state index contributed by atoms with van der Waals surface area (Å²) < 4.78 is 27.6. The Kier molecular flexibility index (Phi) is 8.47. The number of nitrogens with two attached hydrogens (primary N) is 1. The Balaban J connectivity index is 1.14. The third-order valence-electron chi connectivity index (χ3n) is 9.65. The molecule has 11 nitrogen and oxygen atoms in total. The largest absolute Gasteiger partial charge is 0.392 e. The number of nitrogens with one attached hydrogen (secondary N) is 2. The van der Waals surface area contributed by atoms with Crippen molar-refractivity contribution in [2.45, 2.75) is 76.9 Å². The SMILES string of the molecule is C[C@H](NCCC[C@H]1C[C@H]2[C@@H]3CCc4cc(OS(N)(=O)=O)ccc4[C@H]3CC[C@]2(C)[C@H]1O)C(=O)NC(=O)c1cnccn1. The molecule has 2 aromatic rings. The van der Waals surface area contributed by atoms with E-state index in [2.05, 4.69) is 27.5 Å². The first-order chi connectivity index (χ1) is 19.5. The van der Waals surface area contributed by atoms with Crippen LogP contribution in [0.2, 0.25) is 0 Å². The van der Waals surface area contributed by atoms with E-state index >= 15 is 0 Å². The van der Waals surface area contributed by atoms with E-state index in [0.29, 0.717) is 24.3 Å². The van der Waals surface area contributed by atoms with Crippen molar-refractivity contribution in [2.75, 3.05) is 6.54 Å². The van der Waals surface area contributed by atoms with Gasteiger partial charge < -0.3 is 14.6 Å². The number of carbonyl (C=O) groups excluding carboxylic acids is 2. The quantitative estimate of drug-likeness (QED) is 0.322. The van der Waals surface area contributed by atoms with Gasteiger partial charge in [0.25, 0.3) is 5.91 Å². The van der Waals surface area contributed by atoms with E-state index in [9.17, 15) is 23.1 Å². The Morgan fingerprint density at radius 1 is 1.27 bits per heavy atom. The van der Waals surface area contributed by atoms with Crippen molar-refractivity contribution in [1.82, 2.24) is 20.6 Å². The summed E-state index contributed by atoms with van der Waals surface area (Å²) in [5, 5.41) is 22.0. The van der Waals surface area contributed by atoms with Crippen LogP contribution in [0.1, 0.15) is 79.9 Å². The molecule has 2 amide bonds. The van der Waals surface area contributed by atoms with E-state index in [1.165, 1.54) is 24.2 Å². The predicted molar refractivity (Wildman–Crippen MR) is 151 cm³/mol. The van der Waals surface area contributed by atoms with Crippen LogP contribution in [0.4, 0.5) is 0 Å². The number of fused-ring (bicyclic) bond motifs is 5. The summed E-state index contributed by atoms with van der Waals surface area (Å²) in [5.41, 5.74) is 2.34. The zero-order chi connectivity index (χ0) is 29.4. The number of imide groups is 1. The van der Waals surface area contributed by atoms with Gasteiger partial charge in [-0.1, -0.05) is 13.0 Å². The Labute approximate surface area is 240 Å². The van der Waals surface area contributed by atoms with Gasteiger partial charge in [0.2, 0.25) is 5.91 Å². The minimum atomic E-state index is -4.06. The van der Waals surface area contributed by atoms with Crippen molar-refractivity contribution in [3.8, 4) is 5.75 Å². The zero-order valence-electron chi connectivity index (χ0n) is 23.5. The summed E-state index contributed by atoms with van der Waals surface area (Å²) in [5.74, 6) is 0.713. The number of nitrogens with zero attached hydrogens (tertiary/aromatic N) is 2. The van der Waals surface area contributed by atoms with Gasteiger partial charge >= 0.3 is 10.3 Å². The second-order valence-corrected chi connectivity index (χ2v) is 13.2. The number of benzene rings is 1. The maximum Gasteiger partial charge on any atom is 0.380 e. The fraction of sp³-hybridized carbons (Fsp3) is 0.586. The molecule has 0 bridgehead atoms. The molecule has 0 spiro atoms. The molecule has 5 N–H and O–H groups in total. The molecular weight excluding hydrogens is 546 g/mol. The highest BCUT2D eigenvalue weighted by atomic mass is 32.2. The van der Waals surface area contributed by atoms with E-state index in [1.54, 1.807) is 19.1 Å². The molecule has 5 rings (SSSR count). The maximum atomic E-state index is 12.4. The van der Waals surface area contributed by atoms with Gasteiger partial charge in [-0.3, -0.25) is 19.9 Å². The van der Waals surface area contributed by atoms with Crippen molar-refractivity contribution >= 4 is 22.1 Å². The zero-order valence-corrected chi connectivity index (χ0v) is 24.3. The Bertz CT molecular complexity index is 1390. The molecule has 222 valence electrons. The molecule has 3 aliphatic carbocycles. The van der Waals surface area contributed by atoms with Crippen molar-refractivity contribution in [3.05, 3.63) is 53.6 Å². The molecule has 7 atom stereocenters. The summed E-state index contributed by atoms with van der Waals surface area (Å²) in [6.45, 7) is 4.56. The van der Waals surface area contributed by atoms with Gasteiger partial charge in [0, 0.05) is 12.4 Å². The van der Waals surface area contributed by atoms with Crippen LogP contribution >= 0.6 is 0 Å². The van der Waals surface area contributed by atoms with Gasteiger partial charge in [0.05, 0.1) is 18.3 Å². The number of aliphatic hydroxyl groups excluding tert-OH is 1. The van der Waals surface area contributed by atoms with Crippen LogP contribution in [-0.4, -0.2) is 54.0 Å². The van der Waals surface area contributed by atoms with Crippen molar-refractivity contribution in [1.29, 1.82) is 0 Å². The second kappa shape index (κ2) is 11.7.